The van der Waals surface area contributed by atoms with Gasteiger partial charge in [-0.25, -0.2) is 5.06 Å². The maximum Gasteiger partial charge on any atom is 0.246 e. The topological polar surface area (TPSA) is 32.8 Å². The first-order valence-corrected chi connectivity index (χ1v) is 5.61. The molecule has 0 aliphatic heterocycles. The van der Waals surface area contributed by atoms with Gasteiger partial charge in [0.25, 0.3) is 0 Å². The third-order valence-electron chi connectivity index (χ3n) is 2.71. The molecule has 4 nitrogen and oxygen atoms in total. The summed E-state index contributed by atoms with van der Waals surface area (Å²) in [6, 6.07) is 8.21. The first kappa shape index (κ1) is 13.5. The molecule has 0 saturated heterocycles. The van der Waals surface area contributed by atoms with Crippen LogP contribution < -0.4 is 4.90 Å². The van der Waals surface area contributed by atoms with Crippen molar-refractivity contribution in [1.29, 1.82) is 0 Å². The summed E-state index contributed by atoms with van der Waals surface area (Å²) in [5.41, 5.74) is 2.32. The van der Waals surface area contributed by atoms with Crippen molar-refractivity contribution in [2.45, 2.75) is 12.8 Å². The Morgan fingerprint density at radius 3 is 2.24 bits per heavy atom. The molecule has 0 atom stereocenters. The fourth-order valence-corrected chi connectivity index (χ4v) is 1.47. The molecule has 0 radical (unpaired) electrons. The zero-order chi connectivity index (χ0) is 12.8. The van der Waals surface area contributed by atoms with Gasteiger partial charge in [0.2, 0.25) is 5.91 Å². The lowest BCUT2D eigenvalue weighted by Crippen LogP contribution is -2.25. The van der Waals surface area contributed by atoms with Gasteiger partial charge in [-0.15, -0.1) is 0 Å². The number of hydroxylamine groups is 2. The molecule has 17 heavy (non-hydrogen) atoms. The number of benzene rings is 1. The van der Waals surface area contributed by atoms with Crippen LogP contribution in [0.25, 0.3) is 0 Å². The Morgan fingerprint density at radius 2 is 1.76 bits per heavy atom. The molecule has 0 unspecified atom stereocenters. The standard InChI is InChI=1S/C13H20N2O2/c1-14(2)12-8-5-11(6-9-12)7-10-13(16)15(3)17-4/h5-6,8-9H,7,10H2,1-4H3. The normalized spacial score (nSPS) is 10.1. The zero-order valence-electron chi connectivity index (χ0n) is 10.9. The van der Waals surface area contributed by atoms with Crippen molar-refractivity contribution < 1.29 is 9.63 Å². The van der Waals surface area contributed by atoms with E-state index in [0.29, 0.717) is 6.42 Å². The molecule has 0 N–H and O–H groups in total. The predicted octanol–water partition coefficient (Wildman–Crippen LogP) is 1.70. The largest absolute Gasteiger partial charge is 0.378 e. The molecular formula is C13H20N2O2. The van der Waals surface area contributed by atoms with Gasteiger partial charge < -0.3 is 4.90 Å². The van der Waals surface area contributed by atoms with Gasteiger partial charge in [0.15, 0.2) is 0 Å². The minimum atomic E-state index is -0.0100. The summed E-state index contributed by atoms with van der Waals surface area (Å²) in [6.45, 7) is 0. The molecule has 4 heteroatoms. The van der Waals surface area contributed by atoms with E-state index in [0.717, 1.165) is 17.7 Å². The number of hydrogen-bond acceptors (Lipinski definition) is 3. The molecule has 0 aliphatic carbocycles. The van der Waals surface area contributed by atoms with Crippen molar-refractivity contribution in [2.24, 2.45) is 0 Å². The molecule has 0 saturated carbocycles. The molecule has 0 aliphatic rings. The van der Waals surface area contributed by atoms with Crippen LogP contribution in [-0.4, -0.2) is 39.2 Å². The van der Waals surface area contributed by atoms with Crippen LogP contribution in [0, 0.1) is 0 Å². The van der Waals surface area contributed by atoms with E-state index in [2.05, 4.69) is 24.3 Å². The Morgan fingerprint density at radius 1 is 1.18 bits per heavy atom. The number of carbonyl (C=O) groups excluding carboxylic acids is 1. The molecule has 0 spiro atoms. The monoisotopic (exact) mass is 236 g/mol. The number of hydrogen-bond donors (Lipinski definition) is 0. The second kappa shape index (κ2) is 6.25. The molecule has 1 aromatic carbocycles. The third-order valence-corrected chi connectivity index (χ3v) is 2.71. The van der Waals surface area contributed by atoms with Crippen molar-refractivity contribution in [3.63, 3.8) is 0 Å². The van der Waals surface area contributed by atoms with Crippen LogP contribution in [0.4, 0.5) is 5.69 Å². The second-order valence-electron chi connectivity index (χ2n) is 4.13. The first-order valence-electron chi connectivity index (χ1n) is 5.61. The molecule has 1 amide bonds. The van der Waals surface area contributed by atoms with Crippen LogP contribution >= 0.6 is 0 Å². The summed E-state index contributed by atoms with van der Waals surface area (Å²) < 4.78 is 0. The summed E-state index contributed by atoms with van der Waals surface area (Å²) in [4.78, 5) is 18.4. The van der Waals surface area contributed by atoms with Crippen molar-refractivity contribution >= 4 is 11.6 Å². The van der Waals surface area contributed by atoms with Gasteiger partial charge >= 0.3 is 0 Å². The van der Waals surface area contributed by atoms with Gasteiger partial charge in [0.1, 0.15) is 0 Å². The van der Waals surface area contributed by atoms with E-state index in [1.807, 2.05) is 19.0 Å². The van der Waals surface area contributed by atoms with E-state index < -0.39 is 0 Å². The SMILES string of the molecule is CON(C)C(=O)CCc1ccc(N(C)C)cc1. The number of anilines is 1. The Balaban J connectivity index is 2.50. The number of nitrogens with zero attached hydrogens (tertiary/aromatic N) is 2. The smallest absolute Gasteiger partial charge is 0.246 e. The lowest BCUT2D eigenvalue weighted by Gasteiger charge is -2.14. The minimum absolute atomic E-state index is 0.0100. The number of carbonyl (C=O) groups is 1. The van der Waals surface area contributed by atoms with E-state index in [1.165, 1.54) is 12.2 Å². The molecule has 1 rings (SSSR count). The van der Waals surface area contributed by atoms with Gasteiger partial charge in [-0.1, -0.05) is 12.1 Å². The number of aryl methyl sites for hydroxylation is 1. The molecule has 0 heterocycles. The van der Waals surface area contributed by atoms with Gasteiger partial charge in [-0.2, -0.15) is 0 Å². The molecule has 0 aromatic heterocycles. The summed E-state index contributed by atoms with van der Waals surface area (Å²) >= 11 is 0. The van der Waals surface area contributed by atoms with Crippen molar-refractivity contribution in [2.75, 3.05) is 33.2 Å². The Bertz CT molecular complexity index is 360. The van der Waals surface area contributed by atoms with Crippen molar-refractivity contribution in [3.05, 3.63) is 29.8 Å². The van der Waals surface area contributed by atoms with E-state index in [1.54, 1.807) is 7.05 Å². The van der Waals surface area contributed by atoms with Gasteiger partial charge in [0, 0.05) is 33.3 Å². The van der Waals surface area contributed by atoms with Gasteiger partial charge in [-0.05, 0) is 24.1 Å². The highest BCUT2D eigenvalue weighted by atomic mass is 16.7. The Hall–Kier alpha value is -1.55. The van der Waals surface area contributed by atoms with Crippen molar-refractivity contribution in [1.82, 2.24) is 5.06 Å². The van der Waals surface area contributed by atoms with Gasteiger partial charge in [0.05, 0.1) is 7.11 Å². The minimum Gasteiger partial charge on any atom is -0.378 e. The van der Waals surface area contributed by atoms with Crippen LogP contribution in [0.1, 0.15) is 12.0 Å². The van der Waals surface area contributed by atoms with Crippen molar-refractivity contribution in [3.8, 4) is 0 Å². The summed E-state index contributed by atoms with van der Waals surface area (Å²) in [6.07, 6.45) is 1.20. The molecule has 0 bridgehead atoms. The summed E-state index contributed by atoms with van der Waals surface area (Å²) in [5.74, 6) is -0.0100. The fraction of sp³-hybridized carbons (Fsp3) is 0.462. The van der Waals surface area contributed by atoms with Crippen LogP contribution in [0.2, 0.25) is 0 Å². The van der Waals surface area contributed by atoms with Gasteiger partial charge in [-0.3, -0.25) is 9.63 Å². The number of rotatable bonds is 5. The highest BCUT2D eigenvalue weighted by Crippen LogP contribution is 2.13. The lowest BCUT2D eigenvalue weighted by atomic mass is 10.1. The highest BCUT2D eigenvalue weighted by molar-refractivity contribution is 5.75. The van der Waals surface area contributed by atoms with E-state index in [9.17, 15) is 4.79 Å². The predicted molar refractivity (Wildman–Crippen MR) is 68.9 cm³/mol. The lowest BCUT2D eigenvalue weighted by molar-refractivity contribution is -0.168. The maximum atomic E-state index is 11.5. The van der Waals surface area contributed by atoms with E-state index in [-0.39, 0.29) is 5.91 Å². The summed E-state index contributed by atoms with van der Waals surface area (Å²) in [5, 5.41) is 1.26. The zero-order valence-corrected chi connectivity index (χ0v) is 10.9. The van der Waals surface area contributed by atoms with Crippen LogP contribution in [0.15, 0.2) is 24.3 Å². The molecule has 94 valence electrons. The number of amides is 1. The average molecular weight is 236 g/mol. The highest BCUT2D eigenvalue weighted by Gasteiger charge is 2.07. The fourth-order valence-electron chi connectivity index (χ4n) is 1.47. The average Bonchev–Trinajstić information content (AvgIpc) is 2.35. The van der Waals surface area contributed by atoms with Crippen LogP contribution in [0.3, 0.4) is 0 Å². The second-order valence-corrected chi connectivity index (χ2v) is 4.13. The van der Waals surface area contributed by atoms with Crippen LogP contribution in [0.5, 0.6) is 0 Å². The Labute approximate surface area is 103 Å². The molecular weight excluding hydrogens is 216 g/mol. The third kappa shape index (κ3) is 4.07. The Kier molecular flexibility index (Phi) is 4.97. The van der Waals surface area contributed by atoms with E-state index in [4.69, 9.17) is 4.84 Å². The first-order chi connectivity index (χ1) is 8.04. The summed E-state index contributed by atoms with van der Waals surface area (Å²) in [7, 11) is 7.12. The maximum absolute atomic E-state index is 11.5. The van der Waals surface area contributed by atoms with E-state index >= 15 is 0 Å². The molecule has 0 fully saturated rings. The van der Waals surface area contributed by atoms with Crippen LogP contribution in [-0.2, 0) is 16.1 Å². The quantitative estimate of drug-likeness (QED) is 0.730. The molecule has 1 aromatic rings.